The van der Waals surface area contributed by atoms with Gasteiger partial charge in [-0.25, -0.2) is 4.98 Å². The first-order valence-electron chi connectivity index (χ1n) is 7.21. The highest BCUT2D eigenvalue weighted by Crippen LogP contribution is 2.37. The molecule has 3 atom stereocenters. The molecule has 2 fully saturated rings. The molecule has 1 aromatic rings. The maximum Gasteiger partial charge on any atom is 0.205 e. The van der Waals surface area contributed by atoms with Crippen LogP contribution in [-0.2, 0) is 13.5 Å². The molecule has 4 nitrogen and oxygen atoms in total. The first-order chi connectivity index (χ1) is 8.69. The van der Waals surface area contributed by atoms with E-state index in [9.17, 15) is 0 Å². The van der Waals surface area contributed by atoms with Crippen LogP contribution < -0.4 is 10.6 Å². The molecule has 1 aliphatic carbocycles. The lowest BCUT2D eigenvalue weighted by molar-refractivity contribution is 0.260. The predicted molar refractivity (Wildman–Crippen MR) is 73.6 cm³/mol. The molecule has 0 bridgehead atoms. The van der Waals surface area contributed by atoms with Crippen molar-refractivity contribution in [1.29, 1.82) is 0 Å². The van der Waals surface area contributed by atoms with Gasteiger partial charge in [-0.05, 0) is 31.1 Å². The van der Waals surface area contributed by atoms with Crippen LogP contribution in [0.5, 0.6) is 0 Å². The molecule has 0 radical (unpaired) electrons. The largest absolute Gasteiger partial charge is 0.342 e. The summed E-state index contributed by atoms with van der Waals surface area (Å²) in [6, 6.07) is 0.402. The maximum atomic E-state index is 6.28. The van der Waals surface area contributed by atoms with E-state index in [1.807, 2.05) is 0 Å². The molecule has 0 aromatic carbocycles. The normalized spacial score (nSPS) is 31.7. The summed E-state index contributed by atoms with van der Waals surface area (Å²) in [7, 11) is 2.10. The Morgan fingerprint density at radius 3 is 2.89 bits per heavy atom. The molecule has 2 heterocycles. The molecular weight excluding hydrogens is 224 g/mol. The van der Waals surface area contributed by atoms with E-state index in [2.05, 4.69) is 29.6 Å². The van der Waals surface area contributed by atoms with Gasteiger partial charge < -0.3 is 15.2 Å². The second-order valence-corrected chi connectivity index (χ2v) is 5.92. The molecule has 0 amide bonds. The van der Waals surface area contributed by atoms with Gasteiger partial charge >= 0.3 is 0 Å². The van der Waals surface area contributed by atoms with E-state index in [4.69, 9.17) is 10.7 Å². The van der Waals surface area contributed by atoms with Crippen molar-refractivity contribution >= 4 is 5.95 Å². The summed E-state index contributed by atoms with van der Waals surface area (Å²) < 4.78 is 2.17. The molecule has 100 valence electrons. The number of hydrogen-bond acceptors (Lipinski definition) is 3. The lowest BCUT2D eigenvalue weighted by atomic mass is 9.78. The van der Waals surface area contributed by atoms with Crippen molar-refractivity contribution in [2.24, 2.45) is 24.6 Å². The molecule has 1 saturated carbocycles. The number of anilines is 1. The van der Waals surface area contributed by atoms with Gasteiger partial charge in [0.25, 0.3) is 0 Å². The van der Waals surface area contributed by atoms with Gasteiger partial charge in [0, 0.05) is 32.4 Å². The molecule has 4 heteroatoms. The Morgan fingerprint density at radius 1 is 1.39 bits per heavy atom. The Balaban J connectivity index is 1.80. The van der Waals surface area contributed by atoms with E-state index in [0.717, 1.165) is 31.4 Å². The number of rotatable bonds is 2. The highest BCUT2D eigenvalue weighted by molar-refractivity contribution is 5.36. The summed E-state index contributed by atoms with van der Waals surface area (Å²) in [5.74, 6) is 2.60. The molecule has 3 unspecified atom stereocenters. The monoisotopic (exact) mass is 248 g/mol. The Morgan fingerprint density at radius 2 is 2.22 bits per heavy atom. The summed E-state index contributed by atoms with van der Waals surface area (Å²) in [5.41, 5.74) is 7.46. The van der Waals surface area contributed by atoms with Crippen molar-refractivity contribution in [2.75, 3.05) is 18.0 Å². The van der Waals surface area contributed by atoms with Crippen molar-refractivity contribution in [3.05, 3.63) is 11.9 Å². The number of nitrogens with zero attached hydrogens (tertiary/aromatic N) is 3. The van der Waals surface area contributed by atoms with Gasteiger partial charge in [0.1, 0.15) is 0 Å². The summed E-state index contributed by atoms with van der Waals surface area (Å²) in [6.07, 6.45) is 7.01. The van der Waals surface area contributed by atoms with E-state index in [1.165, 1.54) is 25.0 Å². The average molecular weight is 248 g/mol. The third kappa shape index (κ3) is 1.92. The highest BCUT2D eigenvalue weighted by atomic mass is 15.3. The van der Waals surface area contributed by atoms with Crippen LogP contribution in [0.1, 0.15) is 31.9 Å². The Kier molecular flexibility index (Phi) is 3.06. The van der Waals surface area contributed by atoms with Gasteiger partial charge in [-0.1, -0.05) is 13.3 Å². The summed E-state index contributed by atoms with van der Waals surface area (Å²) >= 11 is 0. The van der Waals surface area contributed by atoms with Crippen molar-refractivity contribution in [1.82, 2.24) is 9.55 Å². The minimum atomic E-state index is 0.402. The SMILES string of the molecule is CCc1cn(C)c(N2CC3CCCC(N)C3C2)n1. The zero-order valence-electron chi connectivity index (χ0n) is 11.5. The second-order valence-electron chi connectivity index (χ2n) is 5.92. The maximum absolute atomic E-state index is 6.28. The van der Waals surface area contributed by atoms with Crippen LogP contribution in [0, 0.1) is 11.8 Å². The topological polar surface area (TPSA) is 47.1 Å². The fourth-order valence-electron chi connectivity index (χ4n) is 3.66. The molecule has 18 heavy (non-hydrogen) atoms. The molecule has 2 N–H and O–H groups in total. The van der Waals surface area contributed by atoms with Gasteiger partial charge in [0.15, 0.2) is 0 Å². The highest BCUT2D eigenvalue weighted by Gasteiger charge is 2.39. The molecular formula is C14H24N4. The summed E-state index contributed by atoms with van der Waals surface area (Å²) in [6.45, 7) is 4.40. The first kappa shape index (κ1) is 12.0. The number of nitrogens with two attached hydrogens (primary N) is 1. The third-order valence-corrected chi connectivity index (χ3v) is 4.70. The number of hydrogen-bond donors (Lipinski definition) is 1. The summed E-state index contributed by atoms with van der Waals surface area (Å²) in [4.78, 5) is 7.19. The Bertz CT molecular complexity index is 425. The van der Waals surface area contributed by atoms with Crippen LogP contribution in [0.2, 0.25) is 0 Å². The van der Waals surface area contributed by atoms with E-state index in [1.54, 1.807) is 0 Å². The second kappa shape index (κ2) is 4.57. The quantitative estimate of drug-likeness (QED) is 0.863. The Hall–Kier alpha value is -1.03. The summed E-state index contributed by atoms with van der Waals surface area (Å²) in [5, 5.41) is 0. The lowest BCUT2D eigenvalue weighted by Gasteiger charge is -2.29. The van der Waals surface area contributed by atoms with Crippen LogP contribution >= 0.6 is 0 Å². The zero-order valence-corrected chi connectivity index (χ0v) is 11.5. The van der Waals surface area contributed by atoms with Crippen LogP contribution in [0.3, 0.4) is 0 Å². The predicted octanol–water partition coefficient (Wildman–Crippen LogP) is 1.55. The fraction of sp³-hybridized carbons (Fsp3) is 0.786. The number of fused-ring (bicyclic) bond motifs is 1. The number of imidazole rings is 1. The molecule has 0 spiro atoms. The lowest BCUT2D eigenvalue weighted by Crippen LogP contribution is -2.38. The van der Waals surface area contributed by atoms with E-state index >= 15 is 0 Å². The number of aromatic nitrogens is 2. The van der Waals surface area contributed by atoms with Crippen molar-refractivity contribution in [3.63, 3.8) is 0 Å². The van der Waals surface area contributed by atoms with Gasteiger partial charge in [0.05, 0.1) is 5.69 Å². The van der Waals surface area contributed by atoms with Crippen molar-refractivity contribution in [3.8, 4) is 0 Å². The van der Waals surface area contributed by atoms with Gasteiger partial charge in [-0.15, -0.1) is 0 Å². The molecule has 1 saturated heterocycles. The minimum absolute atomic E-state index is 0.402. The Labute approximate surface area is 109 Å². The third-order valence-electron chi connectivity index (χ3n) is 4.70. The van der Waals surface area contributed by atoms with Crippen LogP contribution in [-0.4, -0.2) is 28.7 Å². The van der Waals surface area contributed by atoms with Crippen molar-refractivity contribution in [2.45, 2.75) is 38.6 Å². The van der Waals surface area contributed by atoms with Crippen LogP contribution in [0.15, 0.2) is 6.20 Å². The van der Waals surface area contributed by atoms with Gasteiger partial charge in [-0.3, -0.25) is 0 Å². The van der Waals surface area contributed by atoms with Crippen LogP contribution in [0.25, 0.3) is 0 Å². The van der Waals surface area contributed by atoms with E-state index in [0.29, 0.717) is 12.0 Å². The molecule has 1 aromatic heterocycles. The standard InChI is InChI=1S/C14H24N4/c1-3-11-8-17(2)14(16-11)18-7-10-5-4-6-13(15)12(10)9-18/h8,10,12-13H,3-7,9,15H2,1-2H3. The van der Waals surface area contributed by atoms with Crippen molar-refractivity contribution < 1.29 is 0 Å². The molecule has 2 aliphatic rings. The van der Waals surface area contributed by atoms with E-state index in [-0.39, 0.29) is 0 Å². The average Bonchev–Trinajstić information content (AvgIpc) is 2.93. The molecule has 3 rings (SSSR count). The van der Waals surface area contributed by atoms with Gasteiger partial charge in [0.2, 0.25) is 5.95 Å². The number of aryl methyl sites for hydroxylation is 2. The van der Waals surface area contributed by atoms with Gasteiger partial charge in [-0.2, -0.15) is 0 Å². The minimum Gasteiger partial charge on any atom is -0.342 e. The fourth-order valence-corrected chi connectivity index (χ4v) is 3.66. The smallest absolute Gasteiger partial charge is 0.205 e. The zero-order chi connectivity index (χ0) is 12.7. The first-order valence-corrected chi connectivity index (χ1v) is 7.21. The van der Waals surface area contributed by atoms with E-state index < -0.39 is 0 Å². The van der Waals surface area contributed by atoms with Crippen LogP contribution in [0.4, 0.5) is 5.95 Å². The molecule has 1 aliphatic heterocycles.